The van der Waals surface area contributed by atoms with Crippen molar-refractivity contribution in [1.82, 2.24) is 4.57 Å². The third-order valence-electron chi connectivity index (χ3n) is 15.2. The first kappa shape index (κ1) is 48.5. The molecule has 11 rings (SSSR count). The molecule has 0 unspecified atom stereocenters. The Hall–Kier alpha value is -6.75. The Morgan fingerprint density at radius 1 is 0.288 bits per heavy atom. The summed E-state index contributed by atoms with van der Waals surface area (Å²) in [6, 6.07) is 77.0. The average Bonchev–Trinajstić information content (AvgIpc) is 3.72. The van der Waals surface area contributed by atoms with Crippen LogP contribution in [0.5, 0.6) is 0 Å². The maximum atomic E-state index is 2.57. The summed E-state index contributed by atoms with van der Waals surface area (Å²) < 4.78 is 2.57. The van der Waals surface area contributed by atoms with E-state index in [1.54, 1.807) is 0 Å². The van der Waals surface area contributed by atoms with Gasteiger partial charge in [-0.15, -0.1) is 0 Å². The number of fused-ring (bicyclic) bond motifs is 8. The summed E-state index contributed by atoms with van der Waals surface area (Å²) in [6.45, 7) is 29.2. The molecule has 1 heterocycles. The molecule has 0 atom stereocenters. The summed E-state index contributed by atoms with van der Waals surface area (Å²) in [7, 11) is -6.24. The van der Waals surface area contributed by atoms with Crippen LogP contribution in [0.1, 0.15) is 0 Å². The standard InChI is InChI=1S/C66H69N3Si4/c1-70(2,3)53-35-27-48(28-36-53)67(49-29-37-54(38-30-49)71(4,5)6)61-44-63-65(59-23-17-15-21-57(59)61)66-60-24-18-16-22-58(60)62(45-64(66)69(63)52-26-25-46-19-13-14-20-47(46)43-52)68(50-31-39-55(40-32-50)72(7,8)9)51-33-41-56(42-34-51)73(10,11)12/h13-45H,1-12H3. The van der Waals surface area contributed by atoms with Crippen LogP contribution < -0.4 is 30.5 Å². The molecular formula is C66H69N3Si4. The number of hydrogen-bond donors (Lipinski definition) is 0. The highest BCUT2D eigenvalue weighted by atomic mass is 28.3. The lowest BCUT2D eigenvalue weighted by molar-refractivity contribution is 1.18. The fourth-order valence-corrected chi connectivity index (χ4v) is 15.6. The lowest BCUT2D eigenvalue weighted by Gasteiger charge is -2.29. The van der Waals surface area contributed by atoms with Crippen LogP contribution in [-0.2, 0) is 0 Å². The Labute approximate surface area is 437 Å². The van der Waals surface area contributed by atoms with E-state index in [0.717, 1.165) is 39.8 Å². The molecule has 0 fully saturated rings. The highest BCUT2D eigenvalue weighted by molar-refractivity contribution is 6.90. The van der Waals surface area contributed by atoms with E-state index in [4.69, 9.17) is 0 Å². The monoisotopic (exact) mass is 1020 g/mol. The lowest BCUT2D eigenvalue weighted by Crippen LogP contribution is -2.37. The van der Waals surface area contributed by atoms with Crippen LogP contribution in [0.2, 0.25) is 78.6 Å². The zero-order valence-electron chi connectivity index (χ0n) is 44.9. The summed E-state index contributed by atoms with van der Waals surface area (Å²) in [5.41, 5.74) is 10.4. The average molecular weight is 1020 g/mol. The maximum absolute atomic E-state index is 2.57. The zero-order valence-corrected chi connectivity index (χ0v) is 48.9. The molecule has 1 aromatic heterocycles. The van der Waals surface area contributed by atoms with Gasteiger partial charge in [0.2, 0.25) is 0 Å². The number of benzene rings is 10. The van der Waals surface area contributed by atoms with Crippen LogP contribution in [0.15, 0.2) is 200 Å². The van der Waals surface area contributed by atoms with Gasteiger partial charge in [0.25, 0.3) is 0 Å². The van der Waals surface area contributed by atoms with Crippen molar-refractivity contribution in [2.24, 2.45) is 0 Å². The minimum atomic E-state index is -1.56. The molecular weight excluding hydrogens is 947 g/mol. The summed E-state index contributed by atoms with van der Waals surface area (Å²) >= 11 is 0. The summed E-state index contributed by atoms with van der Waals surface area (Å²) in [5.74, 6) is 0. The van der Waals surface area contributed by atoms with Crippen LogP contribution in [0.25, 0.3) is 59.8 Å². The van der Waals surface area contributed by atoms with Crippen molar-refractivity contribution in [3.05, 3.63) is 200 Å². The second kappa shape index (κ2) is 18.0. The van der Waals surface area contributed by atoms with E-state index in [1.165, 1.54) is 74.9 Å². The SMILES string of the molecule is C[Si](C)(C)c1ccc(N(c2ccc([Si](C)(C)C)cc2)c2cc3c(c4ccccc24)c2c4ccccc4c(N(c4ccc([Si](C)(C)C)cc4)c4ccc([Si](C)(C)C)cc4)cc2n3-c2ccc3ccccc3c2)cc1. The van der Waals surface area contributed by atoms with Crippen molar-refractivity contribution in [2.45, 2.75) is 78.6 Å². The smallest absolute Gasteiger partial charge is 0.0775 e. The predicted molar refractivity (Wildman–Crippen MR) is 335 cm³/mol. The molecule has 0 N–H and O–H groups in total. The predicted octanol–water partition coefficient (Wildman–Crippen LogP) is 17.4. The molecule has 10 aromatic carbocycles. The van der Waals surface area contributed by atoms with Gasteiger partial charge in [-0.25, -0.2) is 0 Å². The quantitative estimate of drug-likeness (QED) is 0.120. The van der Waals surface area contributed by atoms with Gasteiger partial charge < -0.3 is 14.4 Å². The second-order valence-corrected chi connectivity index (χ2v) is 44.7. The van der Waals surface area contributed by atoms with Crippen LogP contribution in [0.3, 0.4) is 0 Å². The van der Waals surface area contributed by atoms with Crippen LogP contribution in [0, 0.1) is 0 Å². The van der Waals surface area contributed by atoms with E-state index in [1.807, 2.05) is 0 Å². The second-order valence-electron chi connectivity index (χ2n) is 24.4. The van der Waals surface area contributed by atoms with Crippen molar-refractivity contribution >= 4 is 141 Å². The molecule has 0 bridgehead atoms. The van der Waals surface area contributed by atoms with Gasteiger partial charge in [0.05, 0.1) is 54.7 Å². The molecule has 7 heteroatoms. The fourth-order valence-electron chi connectivity index (χ4n) is 11.0. The Bertz CT molecular complexity index is 3540. The molecule has 0 spiro atoms. The minimum absolute atomic E-state index is 1.14. The summed E-state index contributed by atoms with van der Waals surface area (Å²) in [5, 5.41) is 15.7. The fraction of sp³-hybridized carbons (Fsp3) is 0.182. The molecule has 0 saturated heterocycles. The van der Waals surface area contributed by atoms with E-state index in [0.29, 0.717) is 0 Å². The molecule has 0 amide bonds. The molecule has 3 nitrogen and oxygen atoms in total. The number of rotatable bonds is 11. The number of aromatic nitrogens is 1. The Balaban J connectivity index is 1.27. The summed E-state index contributed by atoms with van der Waals surface area (Å²) in [4.78, 5) is 5.04. The van der Waals surface area contributed by atoms with Gasteiger partial charge in [-0.05, 0) is 94.3 Å². The highest BCUT2D eigenvalue weighted by Gasteiger charge is 2.28. The van der Waals surface area contributed by atoms with Gasteiger partial charge >= 0.3 is 0 Å². The third-order valence-corrected chi connectivity index (χ3v) is 23.4. The van der Waals surface area contributed by atoms with Crippen molar-refractivity contribution < 1.29 is 0 Å². The first-order valence-electron chi connectivity index (χ1n) is 26.2. The molecule has 0 aliphatic heterocycles. The van der Waals surface area contributed by atoms with Gasteiger partial charge in [-0.2, -0.15) is 0 Å². The molecule has 11 aromatic rings. The molecule has 73 heavy (non-hydrogen) atoms. The first-order chi connectivity index (χ1) is 34.7. The number of anilines is 6. The number of nitrogens with zero attached hydrogens (tertiary/aromatic N) is 3. The highest BCUT2D eigenvalue weighted by Crippen LogP contribution is 2.50. The summed E-state index contributed by atoms with van der Waals surface area (Å²) in [6.07, 6.45) is 0. The molecule has 0 aliphatic carbocycles. The molecule has 0 aliphatic rings. The van der Waals surface area contributed by atoms with Gasteiger partial charge in [-0.1, -0.05) is 227 Å². The minimum Gasteiger partial charge on any atom is -0.310 e. The van der Waals surface area contributed by atoms with Crippen molar-refractivity contribution in [3.63, 3.8) is 0 Å². The van der Waals surface area contributed by atoms with Crippen molar-refractivity contribution in [3.8, 4) is 5.69 Å². The van der Waals surface area contributed by atoms with Gasteiger partial charge in [0, 0.05) is 50.0 Å². The van der Waals surface area contributed by atoms with E-state index in [9.17, 15) is 0 Å². The van der Waals surface area contributed by atoms with Gasteiger partial charge in [-0.3, -0.25) is 0 Å². The Morgan fingerprint density at radius 3 is 0.918 bits per heavy atom. The molecule has 0 saturated carbocycles. The van der Waals surface area contributed by atoms with Crippen LogP contribution in [0.4, 0.5) is 34.1 Å². The zero-order chi connectivity index (χ0) is 51.2. The number of hydrogen-bond acceptors (Lipinski definition) is 2. The van der Waals surface area contributed by atoms with E-state index < -0.39 is 32.3 Å². The lowest BCUT2D eigenvalue weighted by atomic mass is 9.96. The Morgan fingerprint density at radius 2 is 0.589 bits per heavy atom. The van der Waals surface area contributed by atoms with Crippen LogP contribution >= 0.6 is 0 Å². The molecule has 364 valence electrons. The Kier molecular flexibility index (Phi) is 12.0. The van der Waals surface area contributed by atoms with Gasteiger partial charge in [0.15, 0.2) is 0 Å². The molecule has 0 radical (unpaired) electrons. The third kappa shape index (κ3) is 8.90. The largest absolute Gasteiger partial charge is 0.310 e. The topological polar surface area (TPSA) is 11.4 Å². The van der Waals surface area contributed by atoms with E-state index in [2.05, 4.69) is 293 Å². The van der Waals surface area contributed by atoms with Crippen molar-refractivity contribution in [1.29, 1.82) is 0 Å². The van der Waals surface area contributed by atoms with Gasteiger partial charge in [0.1, 0.15) is 0 Å². The van der Waals surface area contributed by atoms with E-state index in [-0.39, 0.29) is 0 Å². The maximum Gasteiger partial charge on any atom is 0.0775 e. The van der Waals surface area contributed by atoms with E-state index >= 15 is 0 Å². The van der Waals surface area contributed by atoms with Crippen molar-refractivity contribution in [2.75, 3.05) is 9.80 Å². The first-order valence-corrected chi connectivity index (χ1v) is 40.2. The van der Waals surface area contributed by atoms with Crippen LogP contribution in [-0.4, -0.2) is 36.9 Å². The normalized spacial score (nSPS) is 12.7.